The summed E-state index contributed by atoms with van der Waals surface area (Å²) in [7, 11) is 4.75. The molecule has 1 aromatic carbocycles. The van der Waals surface area contributed by atoms with Gasteiger partial charge in [-0.2, -0.15) is 0 Å². The number of benzene rings is 1. The minimum atomic E-state index is -0.523. The predicted molar refractivity (Wildman–Crippen MR) is 79.8 cm³/mol. The number of rotatable bonds is 4. The van der Waals surface area contributed by atoms with Crippen molar-refractivity contribution in [2.24, 2.45) is 0 Å². The molecule has 0 aliphatic carbocycles. The molecule has 1 rings (SSSR count). The Hall–Kier alpha value is -2.18. The van der Waals surface area contributed by atoms with Crippen molar-refractivity contribution in [3.63, 3.8) is 0 Å². The highest BCUT2D eigenvalue weighted by molar-refractivity contribution is 5.93. The molecule has 0 aliphatic rings. The van der Waals surface area contributed by atoms with E-state index in [1.807, 2.05) is 14.1 Å². The first kappa shape index (κ1) is 20.1. The molecule has 0 saturated heterocycles. The lowest BCUT2D eigenvalue weighted by molar-refractivity contribution is 0.0550. The fourth-order valence-corrected chi connectivity index (χ4v) is 1.08. The third kappa shape index (κ3) is 8.84. The molecular weight excluding hydrogens is 260 g/mol. The molecule has 6 heteroatoms. The zero-order valence-electron chi connectivity index (χ0n) is 12.1. The van der Waals surface area contributed by atoms with Crippen LogP contribution in [-0.4, -0.2) is 45.2 Å². The summed E-state index contributed by atoms with van der Waals surface area (Å²) in [5.41, 5.74) is 6.48. The summed E-state index contributed by atoms with van der Waals surface area (Å²) in [6.07, 6.45) is 2.09. The smallest absolute Gasteiger partial charge is 0.338 e. The van der Waals surface area contributed by atoms with E-state index in [4.69, 9.17) is 15.6 Å². The molecule has 0 fully saturated rings. The molecule has 4 N–H and O–H groups in total. The largest absolute Gasteiger partial charge is 0.458 e. The first-order chi connectivity index (χ1) is 9.58. The van der Waals surface area contributed by atoms with Crippen molar-refractivity contribution in [1.82, 2.24) is 5.32 Å². The van der Waals surface area contributed by atoms with Crippen LogP contribution in [0.25, 0.3) is 0 Å². The van der Waals surface area contributed by atoms with Gasteiger partial charge in [0.25, 0.3) is 0 Å². The van der Waals surface area contributed by atoms with Crippen LogP contribution in [0.2, 0.25) is 0 Å². The van der Waals surface area contributed by atoms with E-state index in [1.54, 1.807) is 0 Å². The lowest BCUT2D eigenvalue weighted by Crippen LogP contribution is -2.06. The van der Waals surface area contributed by atoms with E-state index >= 15 is 0 Å². The minimum Gasteiger partial charge on any atom is -0.458 e. The van der Waals surface area contributed by atoms with E-state index in [1.165, 1.54) is 24.3 Å². The SMILES string of the molecule is C=CCOC(=O)c1cc(N)cc(C=O)c1.CNC.CO. The lowest BCUT2D eigenvalue weighted by atomic mass is 10.1. The Morgan fingerprint density at radius 3 is 2.40 bits per heavy atom. The van der Waals surface area contributed by atoms with Crippen LogP contribution in [0, 0.1) is 0 Å². The van der Waals surface area contributed by atoms with E-state index in [2.05, 4.69) is 11.9 Å². The molecule has 0 bridgehead atoms. The minimum absolute atomic E-state index is 0.129. The summed E-state index contributed by atoms with van der Waals surface area (Å²) in [5.74, 6) is -0.523. The molecule has 0 aromatic heterocycles. The first-order valence-electron chi connectivity index (χ1n) is 5.76. The zero-order valence-corrected chi connectivity index (χ0v) is 12.1. The van der Waals surface area contributed by atoms with Gasteiger partial charge in [-0.1, -0.05) is 12.7 Å². The fraction of sp³-hybridized carbons (Fsp3) is 0.286. The van der Waals surface area contributed by atoms with Crippen LogP contribution in [0.4, 0.5) is 5.69 Å². The van der Waals surface area contributed by atoms with Crippen molar-refractivity contribution in [2.75, 3.05) is 33.5 Å². The van der Waals surface area contributed by atoms with Crippen LogP contribution >= 0.6 is 0 Å². The second-order valence-electron chi connectivity index (χ2n) is 3.39. The van der Waals surface area contributed by atoms with E-state index < -0.39 is 5.97 Å². The third-order valence-electron chi connectivity index (χ3n) is 1.68. The van der Waals surface area contributed by atoms with Crippen molar-refractivity contribution in [3.8, 4) is 0 Å². The second-order valence-corrected chi connectivity index (χ2v) is 3.39. The Morgan fingerprint density at radius 2 is 1.95 bits per heavy atom. The maximum atomic E-state index is 11.4. The van der Waals surface area contributed by atoms with Gasteiger partial charge in [0.1, 0.15) is 12.9 Å². The molecule has 0 amide bonds. The normalized spacial score (nSPS) is 8.20. The van der Waals surface area contributed by atoms with Crippen LogP contribution in [0.3, 0.4) is 0 Å². The van der Waals surface area contributed by atoms with Gasteiger partial charge in [-0.25, -0.2) is 4.79 Å². The summed E-state index contributed by atoms with van der Waals surface area (Å²) >= 11 is 0. The third-order valence-corrected chi connectivity index (χ3v) is 1.68. The molecule has 0 atom stereocenters. The number of nitrogens with two attached hydrogens (primary N) is 1. The van der Waals surface area contributed by atoms with Crippen molar-refractivity contribution >= 4 is 17.9 Å². The van der Waals surface area contributed by atoms with Crippen LogP contribution in [-0.2, 0) is 4.74 Å². The molecule has 1 aromatic rings. The molecule has 0 spiro atoms. The Morgan fingerprint density at radius 1 is 1.40 bits per heavy atom. The van der Waals surface area contributed by atoms with Crippen molar-refractivity contribution < 1.29 is 19.4 Å². The fourth-order valence-electron chi connectivity index (χ4n) is 1.08. The van der Waals surface area contributed by atoms with Gasteiger partial charge in [0, 0.05) is 18.4 Å². The summed E-state index contributed by atoms with van der Waals surface area (Å²) in [4.78, 5) is 21.9. The quantitative estimate of drug-likeness (QED) is 0.328. The van der Waals surface area contributed by atoms with Gasteiger partial charge in [-0.3, -0.25) is 4.79 Å². The molecule has 112 valence electrons. The number of aliphatic hydroxyl groups excluding tert-OH is 1. The molecular formula is C14H22N2O4. The summed E-state index contributed by atoms with van der Waals surface area (Å²) in [6.45, 7) is 3.55. The number of carbonyl (C=O) groups excluding carboxylic acids is 2. The van der Waals surface area contributed by atoms with Gasteiger partial charge in [-0.05, 0) is 32.3 Å². The van der Waals surface area contributed by atoms with E-state index in [9.17, 15) is 9.59 Å². The maximum absolute atomic E-state index is 11.4. The van der Waals surface area contributed by atoms with Gasteiger partial charge in [0.2, 0.25) is 0 Å². The lowest BCUT2D eigenvalue weighted by Gasteiger charge is -2.03. The van der Waals surface area contributed by atoms with Gasteiger partial charge in [-0.15, -0.1) is 0 Å². The number of hydrogen-bond acceptors (Lipinski definition) is 6. The number of nitrogen functional groups attached to an aromatic ring is 1. The molecule has 6 nitrogen and oxygen atoms in total. The number of hydrogen-bond donors (Lipinski definition) is 3. The number of aldehydes is 1. The van der Waals surface area contributed by atoms with Gasteiger partial charge in [0.05, 0.1) is 5.56 Å². The predicted octanol–water partition coefficient (Wildman–Crippen LogP) is 0.868. The molecule has 20 heavy (non-hydrogen) atoms. The Balaban J connectivity index is 0. The van der Waals surface area contributed by atoms with E-state index in [0.717, 1.165) is 7.11 Å². The second kappa shape index (κ2) is 13.3. The number of ether oxygens (including phenoxy) is 1. The molecule has 0 saturated carbocycles. The Kier molecular flexibility index (Phi) is 13.4. The highest BCUT2D eigenvalue weighted by Gasteiger charge is 2.08. The molecule has 0 unspecified atom stereocenters. The number of anilines is 1. The average Bonchev–Trinajstić information content (AvgIpc) is 2.47. The summed E-state index contributed by atoms with van der Waals surface area (Å²) < 4.78 is 4.80. The van der Waals surface area contributed by atoms with Crippen LogP contribution in [0.1, 0.15) is 20.7 Å². The van der Waals surface area contributed by atoms with Gasteiger partial charge in [0.15, 0.2) is 0 Å². The number of nitrogens with one attached hydrogen (secondary N) is 1. The highest BCUT2D eigenvalue weighted by Crippen LogP contribution is 2.11. The maximum Gasteiger partial charge on any atom is 0.338 e. The number of aliphatic hydroxyl groups is 1. The topological polar surface area (TPSA) is 102 Å². The van der Waals surface area contributed by atoms with E-state index in [-0.39, 0.29) is 12.2 Å². The zero-order chi connectivity index (χ0) is 16.0. The van der Waals surface area contributed by atoms with Crippen molar-refractivity contribution in [2.45, 2.75) is 0 Å². The van der Waals surface area contributed by atoms with Crippen LogP contribution in [0.15, 0.2) is 30.9 Å². The number of carbonyl (C=O) groups is 2. The van der Waals surface area contributed by atoms with Crippen LogP contribution < -0.4 is 11.1 Å². The monoisotopic (exact) mass is 282 g/mol. The molecule has 0 aliphatic heterocycles. The van der Waals surface area contributed by atoms with E-state index in [0.29, 0.717) is 17.5 Å². The van der Waals surface area contributed by atoms with Gasteiger partial charge < -0.3 is 20.9 Å². The van der Waals surface area contributed by atoms with Crippen molar-refractivity contribution in [1.29, 1.82) is 0 Å². The van der Waals surface area contributed by atoms with Crippen LogP contribution in [0.5, 0.6) is 0 Å². The average molecular weight is 282 g/mol. The Bertz CT molecular complexity index is 420. The summed E-state index contributed by atoms with van der Waals surface area (Å²) in [5, 5.41) is 9.75. The van der Waals surface area contributed by atoms with Crippen molar-refractivity contribution in [3.05, 3.63) is 42.0 Å². The summed E-state index contributed by atoms with van der Waals surface area (Å²) in [6, 6.07) is 4.37. The Labute approximate surface area is 119 Å². The van der Waals surface area contributed by atoms with Gasteiger partial charge >= 0.3 is 5.97 Å². The highest BCUT2D eigenvalue weighted by atomic mass is 16.5. The molecule has 0 heterocycles. The first-order valence-corrected chi connectivity index (χ1v) is 5.76. The molecule has 0 radical (unpaired) electrons. The number of esters is 1. The standard InChI is InChI=1S/C11H11NO3.C2H7N.CH4O/c1-2-3-15-11(14)9-4-8(7-13)5-10(12)6-9;1-3-2;1-2/h2,4-7H,1,3,12H2;3H,1-2H3;2H,1H3.